The molecule has 120 valence electrons. The van der Waals surface area contributed by atoms with Crippen LogP contribution < -0.4 is 10.2 Å². The molecule has 0 aliphatic carbocycles. The number of pyridine rings is 1. The lowest BCUT2D eigenvalue weighted by atomic mass is 10.1. The van der Waals surface area contributed by atoms with Gasteiger partial charge in [0.05, 0.1) is 5.56 Å². The topological polar surface area (TPSA) is 45.2 Å². The van der Waals surface area contributed by atoms with Gasteiger partial charge in [-0.2, -0.15) is 0 Å². The third-order valence-electron chi connectivity index (χ3n) is 4.62. The normalized spacial score (nSPS) is 17.3. The Morgan fingerprint density at radius 2 is 2.17 bits per heavy atom. The third kappa shape index (κ3) is 3.70. The second-order valence-electron chi connectivity index (χ2n) is 6.32. The number of aryl methyl sites for hydroxylation is 2. The quantitative estimate of drug-likeness (QED) is 0.944. The van der Waals surface area contributed by atoms with Gasteiger partial charge < -0.3 is 10.2 Å². The average molecular weight is 309 g/mol. The van der Waals surface area contributed by atoms with E-state index in [0.29, 0.717) is 11.5 Å². The largest absolute Gasteiger partial charge is 0.371 e. The van der Waals surface area contributed by atoms with Crippen LogP contribution in [-0.2, 0) is 0 Å². The standard InChI is InChI=1S/C19H23N3O/c1-14-5-6-18(10-15(14)2)22-9-7-16(13-22)11-21-19(23)17-4-3-8-20-12-17/h3-6,8,10,12,16H,7,9,11,13H2,1-2H3,(H,21,23). The maximum atomic E-state index is 12.1. The van der Waals surface area contributed by atoms with Gasteiger partial charge in [-0.15, -0.1) is 0 Å². The number of rotatable bonds is 4. The fourth-order valence-corrected chi connectivity index (χ4v) is 2.99. The highest BCUT2D eigenvalue weighted by Crippen LogP contribution is 2.25. The number of benzene rings is 1. The highest BCUT2D eigenvalue weighted by molar-refractivity contribution is 5.93. The molecule has 0 radical (unpaired) electrons. The zero-order valence-corrected chi connectivity index (χ0v) is 13.7. The summed E-state index contributed by atoms with van der Waals surface area (Å²) in [6.07, 6.45) is 4.39. The number of carbonyl (C=O) groups excluding carboxylic acids is 1. The molecular formula is C19H23N3O. The lowest BCUT2D eigenvalue weighted by Crippen LogP contribution is -2.31. The second-order valence-corrected chi connectivity index (χ2v) is 6.32. The Bertz CT molecular complexity index is 684. The molecule has 1 saturated heterocycles. The smallest absolute Gasteiger partial charge is 0.252 e. The van der Waals surface area contributed by atoms with Gasteiger partial charge >= 0.3 is 0 Å². The second kappa shape index (κ2) is 6.82. The maximum absolute atomic E-state index is 12.1. The summed E-state index contributed by atoms with van der Waals surface area (Å²) in [5.41, 5.74) is 4.56. The molecule has 23 heavy (non-hydrogen) atoms. The highest BCUT2D eigenvalue weighted by atomic mass is 16.1. The molecule has 4 nitrogen and oxygen atoms in total. The summed E-state index contributed by atoms with van der Waals surface area (Å²) in [5, 5.41) is 3.03. The van der Waals surface area contributed by atoms with Crippen molar-refractivity contribution in [3.05, 3.63) is 59.4 Å². The molecule has 4 heteroatoms. The molecule has 1 aliphatic rings. The minimum absolute atomic E-state index is 0.0391. The first-order chi connectivity index (χ1) is 11.1. The van der Waals surface area contributed by atoms with E-state index < -0.39 is 0 Å². The van der Waals surface area contributed by atoms with Crippen LogP contribution in [-0.4, -0.2) is 30.5 Å². The van der Waals surface area contributed by atoms with Crippen LogP contribution in [0.2, 0.25) is 0 Å². The van der Waals surface area contributed by atoms with E-state index >= 15 is 0 Å². The first kappa shape index (κ1) is 15.5. The molecule has 1 aromatic heterocycles. The van der Waals surface area contributed by atoms with Crippen LogP contribution >= 0.6 is 0 Å². The number of aromatic nitrogens is 1. The molecule has 0 bridgehead atoms. The number of amides is 1. The van der Waals surface area contributed by atoms with E-state index in [1.807, 2.05) is 0 Å². The van der Waals surface area contributed by atoms with Crippen molar-refractivity contribution < 1.29 is 4.79 Å². The fourth-order valence-electron chi connectivity index (χ4n) is 2.99. The monoisotopic (exact) mass is 309 g/mol. The molecule has 3 rings (SSSR count). The molecule has 2 heterocycles. The van der Waals surface area contributed by atoms with E-state index in [1.54, 1.807) is 24.5 Å². The van der Waals surface area contributed by atoms with Crippen molar-refractivity contribution in [2.75, 3.05) is 24.5 Å². The van der Waals surface area contributed by atoms with Crippen molar-refractivity contribution in [2.24, 2.45) is 5.92 Å². The molecule has 2 aromatic rings. The summed E-state index contributed by atoms with van der Waals surface area (Å²) in [5.74, 6) is 0.458. The number of nitrogens with one attached hydrogen (secondary N) is 1. The maximum Gasteiger partial charge on any atom is 0.252 e. The summed E-state index contributed by atoms with van der Waals surface area (Å²) >= 11 is 0. The van der Waals surface area contributed by atoms with Gasteiger partial charge in [0, 0.05) is 37.7 Å². The van der Waals surface area contributed by atoms with E-state index in [9.17, 15) is 4.79 Å². The van der Waals surface area contributed by atoms with Crippen molar-refractivity contribution in [3.8, 4) is 0 Å². The van der Waals surface area contributed by atoms with Gasteiger partial charge in [0.1, 0.15) is 0 Å². The molecule has 1 atom stereocenters. The minimum atomic E-state index is -0.0391. The van der Waals surface area contributed by atoms with E-state index in [0.717, 1.165) is 26.1 Å². The van der Waals surface area contributed by atoms with Gasteiger partial charge in [0.2, 0.25) is 0 Å². The van der Waals surface area contributed by atoms with Crippen LogP contribution in [0.4, 0.5) is 5.69 Å². The van der Waals surface area contributed by atoms with E-state index in [1.165, 1.54) is 16.8 Å². The molecule has 1 aromatic carbocycles. The SMILES string of the molecule is Cc1ccc(N2CCC(CNC(=O)c3cccnc3)C2)cc1C. The van der Waals surface area contributed by atoms with Crippen molar-refractivity contribution in [1.29, 1.82) is 0 Å². The van der Waals surface area contributed by atoms with Crippen LogP contribution in [0.1, 0.15) is 27.9 Å². The summed E-state index contributed by atoms with van der Waals surface area (Å²) in [4.78, 5) is 18.5. The summed E-state index contributed by atoms with van der Waals surface area (Å²) in [7, 11) is 0. The fraction of sp³-hybridized carbons (Fsp3) is 0.368. The van der Waals surface area contributed by atoms with Crippen molar-refractivity contribution in [2.45, 2.75) is 20.3 Å². The molecule has 0 saturated carbocycles. The van der Waals surface area contributed by atoms with Gasteiger partial charge in [0.15, 0.2) is 0 Å². The number of hydrogen-bond donors (Lipinski definition) is 1. The Morgan fingerprint density at radius 1 is 1.30 bits per heavy atom. The van der Waals surface area contributed by atoms with Crippen molar-refractivity contribution in [3.63, 3.8) is 0 Å². The van der Waals surface area contributed by atoms with E-state index in [2.05, 4.69) is 47.2 Å². The van der Waals surface area contributed by atoms with Gasteiger partial charge in [-0.25, -0.2) is 0 Å². The molecule has 1 unspecified atom stereocenters. The zero-order valence-electron chi connectivity index (χ0n) is 13.7. The van der Waals surface area contributed by atoms with Gasteiger partial charge in [-0.05, 0) is 61.6 Å². The molecule has 0 spiro atoms. The Morgan fingerprint density at radius 3 is 2.91 bits per heavy atom. The van der Waals surface area contributed by atoms with Crippen LogP contribution in [0.25, 0.3) is 0 Å². The Balaban J connectivity index is 1.54. The van der Waals surface area contributed by atoms with E-state index in [4.69, 9.17) is 0 Å². The van der Waals surface area contributed by atoms with Crippen molar-refractivity contribution >= 4 is 11.6 Å². The zero-order chi connectivity index (χ0) is 16.2. The Kier molecular flexibility index (Phi) is 4.60. The van der Waals surface area contributed by atoms with Crippen LogP contribution in [0.15, 0.2) is 42.7 Å². The number of nitrogens with zero attached hydrogens (tertiary/aromatic N) is 2. The molecular weight excluding hydrogens is 286 g/mol. The number of hydrogen-bond acceptors (Lipinski definition) is 3. The van der Waals surface area contributed by atoms with Crippen LogP contribution in [0.5, 0.6) is 0 Å². The lowest BCUT2D eigenvalue weighted by Gasteiger charge is -2.20. The average Bonchev–Trinajstić information content (AvgIpc) is 3.05. The minimum Gasteiger partial charge on any atom is -0.371 e. The summed E-state index contributed by atoms with van der Waals surface area (Å²) in [6.45, 7) is 7.06. The predicted molar refractivity (Wildman–Crippen MR) is 92.8 cm³/mol. The van der Waals surface area contributed by atoms with Crippen LogP contribution in [0, 0.1) is 19.8 Å². The summed E-state index contributed by atoms with van der Waals surface area (Å²) < 4.78 is 0. The predicted octanol–water partition coefficient (Wildman–Crippen LogP) is 2.95. The third-order valence-corrected chi connectivity index (χ3v) is 4.62. The molecule has 1 N–H and O–H groups in total. The number of anilines is 1. The first-order valence-electron chi connectivity index (χ1n) is 8.14. The Labute approximate surface area is 137 Å². The Hall–Kier alpha value is -2.36. The lowest BCUT2D eigenvalue weighted by molar-refractivity contribution is 0.0948. The molecule has 1 amide bonds. The molecule has 1 fully saturated rings. The van der Waals surface area contributed by atoms with Crippen LogP contribution in [0.3, 0.4) is 0 Å². The highest BCUT2D eigenvalue weighted by Gasteiger charge is 2.23. The van der Waals surface area contributed by atoms with Gasteiger partial charge in [-0.3, -0.25) is 9.78 Å². The molecule has 1 aliphatic heterocycles. The summed E-state index contributed by atoms with van der Waals surface area (Å²) in [6, 6.07) is 10.2. The first-order valence-corrected chi connectivity index (χ1v) is 8.14. The number of carbonyl (C=O) groups is 1. The van der Waals surface area contributed by atoms with Gasteiger partial charge in [0.25, 0.3) is 5.91 Å². The van der Waals surface area contributed by atoms with Crippen molar-refractivity contribution in [1.82, 2.24) is 10.3 Å². The van der Waals surface area contributed by atoms with E-state index in [-0.39, 0.29) is 5.91 Å². The van der Waals surface area contributed by atoms with Gasteiger partial charge in [-0.1, -0.05) is 6.07 Å².